The first-order valence-corrected chi connectivity index (χ1v) is 8.24. The summed E-state index contributed by atoms with van der Waals surface area (Å²) in [6.07, 6.45) is 1.07. The Morgan fingerprint density at radius 3 is 2.65 bits per heavy atom. The molecule has 1 N–H and O–H groups in total. The Hall–Kier alpha value is -2.24. The zero-order valence-electron chi connectivity index (χ0n) is 13.5. The van der Waals surface area contributed by atoms with E-state index in [0.717, 1.165) is 24.5 Å². The van der Waals surface area contributed by atoms with Gasteiger partial charge < -0.3 is 19.9 Å². The van der Waals surface area contributed by atoms with E-state index in [1.54, 1.807) is 0 Å². The van der Waals surface area contributed by atoms with Gasteiger partial charge in [0.05, 0.1) is 12.3 Å². The molecule has 124 valence electrons. The zero-order chi connectivity index (χ0) is 16.2. The lowest BCUT2D eigenvalue weighted by molar-refractivity contribution is -0.134. The van der Waals surface area contributed by atoms with Crippen molar-refractivity contribution >= 4 is 17.5 Å². The van der Waals surface area contributed by atoms with E-state index in [1.165, 1.54) is 0 Å². The molecule has 2 heterocycles. The van der Waals surface area contributed by atoms with Gasteiger partial charge in [-0.05, 0) is 25.5 Å². The number of amides is 2. The topological polar surface area (TPSA) is 61.9 Å². The Morgan fingerprint density at radius 2 is 2.00 bits per heavy atom. The van der Waals surface area contributed by atoms with Crippen LogP contribution < -0.4 is 15.0 Å². The minimum atomic E-state index is -0.329. The van der Waals surface area contributed by atoms with Gasteiger partial charge in [0.1, 0.15) is 11.8 Å². The van der Waals surface area contributed by atoms with Crippen molar-refractivity contribution in [3.8, 4) is 5.75 Å². The summed E-state index contributed by atoms with van der Waals surface area (Å²) in [5.41, 5.74) is 1.08. The summed E-state index contributed by atoms with van der Waals surface area (Å²) in [7, 11) is 0. The predicted octanol–water partition coefficient (Wildman–Crippen LogP) is 1.01. The summed E-state index contributed by atoms with van der Waals surface area (Å²) in [4.78, 5) is 27.8. The Balaban J connectivity index is 1.60. The predicted molar refractivity (Wildman–Crippen MR) is 87.6 cm³/mol. The van der Waals surface area contributed by atoms with Gasteiger partial charge in [-0.2, -0.15) is 0 Å². The maximum Gasteiger partial charge on any atom is 0.245 e. The molecule has 6 heteroatoms. The van der Waals surface area contributed by atoms with Gasteiger partial charge >= 0.3 is 0 Å². The summed E-state index contributed by atoms with van der Waals surface area (Å²) in [6, 6.07) is 7.68. The van der Waals surface area contributed by atoms with E-state index in [4.69, 9.17) is 4.74 Å². The van der Waals surface area contributed by atoms with Gasteiger partial charge in [-0.25, -0.2) is 0 Å². The smallest absolute Gasteiger partial charge is 0.245 e. The Morgan fingerprint density at radius 1 is 1.26 bits per heavy atom. The first-order chi connectivity index (χ1) is 11.2. The number of para-hydroxylation sites is 2. The molecule has 2 aliphatic heterocycles. The molecule has 23 heavy (non-hydrogen) atoms. The van der Waals surface area contributed by atoms with Crippen LogP contribution in [0.5, 0.6) is 5.75 Å². The van der Waals surface area contributed by atoms with Crippen LogP contribution in [0.4, 0.5) is 5.69 Å². The SMILES string of the molecule is CCOc1ccccc1N1CCN(C(=O)[C@H]2CCC(=O)N2)CC1. The van der Waals surface area contributed by atoms with Crippen molar-refractivity contribution < 1.29 is 14.3 Å². The molecule has 0 radical (unpaired) electrons. The van der Waals surface area contributed by atoms with Gasteiger partial charge in [0.2, 0.25) is 11.8 Å². The normalized spacial score (nSPS) is 21.3. The van der Waals surface area contributed by atoms with Crippen LogP contribution in [-0.4, -0.2) is 55.5 Å². The van der Waals surface area contributed by atoms with Crippen LogP contribution in [0.15, 0.2) is 24.3 Å². The van der Waals surface area contributed by atoms with Crippen LogP contribution in [0, 0.1) is 0 Å². The summed E-state index contributed by atoms with van der Waals surface area (Å²) < 4.78 is 5.69. The fourth-order valence-electron chi connectivity index (χ4n) is 3.18. The van der Waals surface area contributed by atoms with E-state index >= 15 is 0 Å². The zero-order valence-corrected chi connectivity index (χ0v) is 13.5. The van der Waals surface area contributed by atoms with Crippen LogP contribution in [-0.2, 0) is 9.59 Å². The molecule has 2 fully saturated rings. The van der Waals surface area contributed by atoms with E-state index < -0.39 is 0 Å². The highest BCUT2D eigenvalue weighted by Crippen LogP contribution is 2.29. The highest BCUT2D eigenvalue weighted by molar-refractivity contribution is 5.91. The molecule has 1 aromatic rings. The molecule has 0 saturated carbocycles. The molecule has 0 aromatic heterocycles. The average Bonchev–Trinajstić information content (AvgIpc) is 3.02. The number of hydrogen-bond acceptors (Lipinski definition) is 4. The highest BCUT2D eigenvalue weighted by Gasteiger charge is 2.32. The standard InChI is InChI=1S/C17H23N3O3/c1-2-23-15-6-4-3-5-14(15)19-9-11-20(12-10-19)17(22)13-7-8-16(21)18-13/h3-6,13H,2,7-12H2,1H3,(H,18,21)/t13-/m1/s1. The minimum absolute atomic E-state index is 0.0207. The number of carbonyl (C=O) groups excluding carboxylic acids is 2. The van der Waals surface area contributed by atoms with Crippen molar-refractivity contribution in [3.05, 3.63) is 24.3 Å². The monoisotopic (exact) mass is 317 g/mol. The Bertz CT molecular complexity index is 582. The molecular formula is C17H23N3O3. The molecule has 1 aromatic carbocycles. The lowest BCUT2D eigenvalue weighted by atomic mass is 10.1. The molecular weight excluding hydrogens is 294 g/mol. The van der Waals surface area contributed by atoms with Gasteiger partial charge in [0.25, 0.3) is 0 Å². The fraction of sp³-hybridized carbons (Fsp3) is 0.529. The fourth-order valence-corrected chi connectivity index (χ4v) is 3.18. The van der Waals surface area contributed by atoms with Crippen molar-refractivity contribution in [1.82, 2.24) is 10.2 Å². The number of carbonyl (C=O) groups is 2. The molecule has 3 rings (SSSR count). The number of rotatable bonds is 4. The van der Waals surface area contributed by atoms with Gasteiger partial charge in [0, 0.05) is 32.6 Å². The second-order valence-electron chi connectivity index (χ2n) is 5.87. The van der Waals surface area contributed by atoms with Gasteiger partial charge in [-0.15, -0.1) is 0 Å². The largest absolute Gasteiger partial charge is 0.492 e. The first kappa shape index (κ1) is 15.6. The molecule has 6 nitrogen and oxygen atoms in total. The molecule has 2 aliphatic rings. The quantitative estimate of drug-likeness (QED) is 0.900. The number of ether oxygens (including phenoxy) is 1. The molecule has 0 aliphatic carbocycles. The number of nitrogens with zero attached hydrogens (tertiary/aromatic N) is 2. The summed E-state index contributed by atoms with van der Waals surface area (Å²) in [6.45, 7) is 5.50. The number of piperazine rings is 1. The second-order valence-corrected chi connectivity index (χ2v) is 5.87. The molecule has 0 spiro atoms. The van der Waals surface area contributed by atoms with Crippen molar-refractivity contribution in [1.29, 1.82) is 0 Å². The maximum absolute atomic E-state index is 12.4. The van der Waals surface area contributed by atoms with Crippen LogP contribution in [0.3, 0.4) is 0 Å². The third kappa shape index (κ3) is 3.41. The first-order valence-electron chi connectivity index (χ1n) is 8.24. The average molecular weight is 317 g/mol. The van der Waals surface area contributed by atoms with E-state index in [2.05, 4.69) is 16.3 Å². The molecule has 2 saturated heterocycles. The van der Waals surface area contributed by atoms with E-state index in [9.17, 15) is 9.59 Å². The van der Waals surface area contributed by atoms with E-state index in [1.807, 2.05) is 30.0 Å². The van der Waals surface area contributed by atoms with Crippen molar-refractivity contribution in [2.75, 3.05) is 37.7 Å². The molecule has 0 bridgehead atoms. The van der Waals surface area contributed by atoms with Crippen molar-refractivity contribution in [2.45, 2.75) is 25.8 Å². The van der Waals surface area contributed by atoms with Gasteiger partial charge in [0.15, 0.2) is 0 Å². The third-order valence-electron chi connectivity index (χ3n) is 4.39. The molecule has 1 atom stereocenters. The van der Waals surface area contributed by atoms with E-state index in [0.29, 0.717) is 32.5 Å². The van der Waals surface area contributed by atoms with Crippen LogP contribution >= 0.6 is 0 Å². The summed E-state index contributed by atoms with van der Waals surface area (Å²) in [5, 5.41) is 2.76. The summed E-state index contributed by atoms with van der Waals surface area (Å²) >= 11 is 0. The molecule has 2 amide bonds. The maximum atomic E-state index is 12.4. The van der Waals surface area contributed by atoms with Gasteiger partial charge in [-0.3, -0.25) is 9.59 Å². The lowest BCUT2D eigenvalue weighted by Crippen LogP contribution is -2.53. The number of nitrogens with one attached hydrogen (secondary N) is 1. The van der Waals surface area contributed by atoms with Crippen molar-refractivity contribution in [2.24, 2.45) is 0 Å². The number of anilines is 1. The lowest BCUT2D eigenvalue weighted by Gasteiger charge is -2.37. The van der Waals surface area contributed by atoms with Crippen molar-refractivity contribution in [3.63, 3.8) is 0 Å². The highest BCUT2D eigenvalue weighted by atomic mass is 16.5. The Kier molecular flexibility index (Phi) is 4.69. The van der Waals surface area contributed by atoms with Crippen LogP contribution in [0.2, 0.25) is 0 Å². The molecule has 0 unspecified atom stereocenters. The van der Waals surface area contributed by atoms with Crippen LogP contribution in [0.1, 0.15) is 19.8 Å². The van der Waals surface area contributed by atoms with Gasteiger partial charge in [-0.1, -0.05) is 12.1 Å². The second kappa shape index (κ2) is 6.89. The van der Waals surface area contributed by atoms with Crippen LogP contribution in [0.25, 0.3) is 0 Å². The van der Waals surface area contributed by atoms with E-state index in [-0.39, 0.29) is 17.9 Å². The minimum Gasteiger partial charge on any atom is -0.492 e. The number of benzene rings is 1. The number of hydrogen-bond donors (Lipinski definition) is 1. The summed E-state index contributed by atoms with van der Waals surface area (Å²) in [5.74, 6) is 0.916. The third-order valence-corrected chi connectivity index (χ3v) is 4.39. The Labute approximate surface area is 136 Å².